The first kappa shape index (κ1) is 15.4. The second kappa shape index (κ2) is 5.81. The highest BCUT2D eigenvalue weighted by atomic mass is 79.9. The normalized spacial score (nSPS) is 21.4. The number of thiophene rings is 1. The molecule has 19 heavy (non-hydrogen) atoms. The molecule has 0 bridgehead atoms. The predicted octanol–water partition coefficient (Wildman–Crippen LogP) is 2.53. The van der Waals surface area contributed by atoms with Gasteiger partial charge in [0.05, 0.1) is 8.68 Å². The van der Waals surface area contributed by atoms with Crippen LogP contribution in [-0.2, 0) is 10.0 Å². The van der Waals surface area contributed by atoms with E-state index in [-0.39, 0.29) is 0 Å². The van der Waals surface area contributed by atoms with Crippen molar-refractivity contribution < 1.29 is 8.42 Å². The summed E-state index contributed by atoms with van der Waals surface area (Å²) in [6.07, 6.45) is 2.22. The predicted molar refractivity (Wildman–Crippen MR) is 82.2 cm³/mol. The van der Waals surface area contributed by atoms with Gasteiger partial charge in [0.2, 0.25) is 10.0 Å². The zero-order valence-corrected chi connectivity index (χ0v) is 14.6. The van der Waals surface area contributed by atoms with Crippen molar-refractivity contribution in [2.75, 3.05) is 27.2 Å². The molecule has 0 spiro atoms. The van der Waals surface area contributed by atoms with E-state index in [0.717, 1.165) is 28.0 Å². The molecule has 0 saturated carbocycles. The number of halogens is 1. The summed E-state index contributed by atoms with van der Waals surface area (Å²) >= 11 is 4.81. The monoisotopic (exact) mass is 366 g/mol. The second-order valence-corrected chi connectivity index (χ2v) is 9.68. The van der Waals surface area contributed by atoms with Gasteiger partial charge in [-0.3, -0.25) is 0 Å². The standard InChI is InChI=1S/C12H19BrN2O2S2/c1-9-11(7-12(13)18-9)19(16,17)15(3)8-10-5-4-6-14(10)2/h7,10H,4-6,8H2,1-3H3. The molecule has 0 aliphatic carbocycles. The number of aryl methyl sites for hydroxylation is 1. The lowest BCUT2D eigenvalue weighted by molar-refractivity contribution is 0.271. The van der Waals surface area contributed by atoms with Crippen LogP contribution in [0.25, 0.3) is 0 Å². The molecule has 1 aromatic rings. The van der Waals surface area contributed by atoms with Crippen LogP contribution in [0.3, 0.4) is 0 Å². The van der Waals surface area contributed by atoms with Crippen LogP contribution < -0.4 is 0 Å². The van der Waals surface area contributed by atoms with Crippen LogP contribution in [0.15, 0.2) is 14.7 Å². The summed E-state index contributed by atoms with van der Waals surface area (Å²) in [6.45, 7) is 3.46. The number of likely N-dealkylation sites (N-methyl/N-ethyl adjacent to an activating group) is 2. The molecule has 1 unspecified atom stereocenters. The average Bonchev–Trinajstić information content (AvgIpc) is 2.86. The van der Waals surface area contributed by atoms with E-state index in [4.69, 9.17) is 0 Å². The first-order chi connectivity index (χ1) is 8.82. The smallest absolute Gasteiger partial charge is 0.244 e. The fourth-order valence-corrected chi connectivity index (χ4v) is 6.05. The quantitative estimate of drug-likeness (QED) is 0.821. The van der Waals surface area contributed by atoms with E-state index in [1.54, 1.807) is 13.1 Å². The third-order valence-electron chi connectivity index (χ3n) is 3.67. The molecule has 1 aromatic heterocycles. The maximum Gasteiger partial charge on any atom is 0.244 e. The summed E-state index contributed by atoms with van der Waals surface area (Å²) in [5.74, 6) is 0. The molecule has 7 heteroatoms. The number of hydrogen-bond donors (Lipinski definition) is 0. The summed E-state index contributed by atoms with van der Waals surface area (Å²) in [5, 5.41) is 0. The molecule has 0 aromatic carbocycles. The summed E-state index contributed by atoms with van der Waals surface area (Å²) in [5.41, 5.74) is 0. The minimum Gasteiger partial charge on any atom is -0.302 e. The molecule has 0 radical (unpaired) electrons. The molecular formula is C12H19BrN2O2S2. The molecule has 0 amide bonds. The molecular weight excluding hydrogens is 348 g/mol. The Morgan fingerprint density at radius 1 is 1.58 bits per heavy atom. The molecule has 1 aliphatic heterocycles. The molecule has 1 saturated heterocycles. The van der Waals surface area contributed by atoms with Crippen LogP contribution in [0.2, 0.25) is 0 Å². The van der Waals surface area contributed by atoms with E-state index in [2.05, 4.69) is 27.9 Å². The zero-order valence-electron chi connectivity index (χ0n) is 11.4. The number of nitrogens with zero attached hydrogens (tertiary/aromatic N) is 2. The summed E-state index contributed by atoms with van der Waals surface area (Å²) in [7, 11) is 0.361. The molecule has 1 aliphatic rings. The van der Waals surface area contributed by atoms with Gasteiger partial charge >= 0.3 is 0 Å². The van der Waals surface area contributed by atoms with Crippen molar-refractivity contribution in [3.05, 3.63) is 14.7 Å². The number of likely N-dealkylation sites (tertiary alicyclic amines) is 1. The fraction of sp³-hybridized carbons (Fsp3) is 0.667. The summed E-state index contributed by atoms with van der Waals surface area (Å²) in [4.78, 5) is 3.49. The van der Waals surface area contributed by atoms with Crippen LogP contribution in [0, 0.1) is 6.92 Å². The first-order valence-corrected chi connectivity index (χ1v) is 9.30. The lowest BCUT2D eigenvalue weighted by Gasteiger charge is -2.25. The topological polar surface area (TPSA) is 40.6 Å². The third-order valence-corrected chi connectivity index (χ3v) is 7.30. The maximum atomic E-state index is 12.6. The van der Waals surface area contributed by atoms with Crippen LogP contribution in [0.1, 0.15) is 17.7 Å². The van der Waals surface area contributed by atoms with Crippen molar-refractivity contribution in [3.63, 3.8) is 0 Å². The third kappa shape index (κ3) is 3.21. The SMILES string of the molecule is Cc1sc(Br)cc1S(=O)(=O)N(C)CC1CCCN1C. The molecule has 2 rings (SSSR count). The van der Waals surface area contributed by atoms with Crippen molar-refractivity contribution in [2.24, 2.45) is 0 Å². The molecule has 1 fully saturated rings. The lowest BCUT2D eigenvalue weighted by atomic mass is 10.2. The van der Waals surface area contributed by atoms with Gasteiger partial charge in [-0.25, -0.2) is 8.42 Å². The van der Waals surface area contributed by atoms with Gasteiger partial charge in [-0.15, -0.1) is 11.3 Å². The average molecular weight is 367 g/mol. The highest BCUT2D eigenvalue weighted by molar-refractivity contribution is 9.11. The Bertz CT molecular complexity index is 556. The van der Waals surface area contributed by atoms with E-state index in [1.807, 2.05) is 6.92 Å². The summed E-state index contributed by atoms with van der Waals surface area (Å²) < 4.78 is 27.5. The minimum absolute atomic E-state index is 0.335. The molecule has 1 atom stereocenters. The Kier molecular flexibility index (Phi) is 4.72. The van der Waals surface area contributed by atoms with E-state index < -0.39 is 10.0 Å². The Morgan fingerprint density at radius 2 is 2.26 bits per heavy atom. The van der Waals surface area contributed by atoms with E-state index >= 15 is 0 Å². The molecule has 2 heterocycles. The van der Waals surface area contributed by atoms with Crippen molar-refractivity contribution >= 4 is 37.3 Å². The molecule has 0 N–H and O–H groups in total. The van der Waals surface area contributed by atoms with Gasteiger partial charge in [0.15, 0.2) is 0 Å². The zero-order chi connectivity index (χ0) is 14.2. The lowest BCUT2D eigenvalue weighted by Crippen LogP contribution is -2.39. The van der Waals surface area contributed by atoms with Crippen molar-refractivity contribution in [1.29, 1.82) is 0 Å². The van der Waals surface area contributed by atoms with Crippen molar-refractivity contribution in [2.45, 2.75) is 30.7 Å². The van der Waals surface area contributed by atoms with Gasteiger partial charge in [-0.1, -0.05) is 0 Å². The Hall–Kier alpha value is 0.0500. The van der Waals surface area contributed by atoms with Gasteiger partial charge in [0, 0.05) is 24.5 Å². The Morgan fingerprint density at radius 3 is 2.74 bits per heavy atom. The van der Waals surface area contributed by atoms with Crippen LogP contribution in [-0.4, -0.2) is 50.8 Å². The van der Waals surface area contributed by atoms with Crippen LogP contribution in [0.5, 0.6) is 0 Å². The number of rotatable bonds is 4. The van der Waals surface area contributed by atoms with E-state index in [1.165, 1.54) is 15.6 Å². The number of hydrogen-bond acceptors (Lipinski definition) is 4. The van der Waals surface area contributed by atoms with Crippen molar-refractivity contribution in [3.8, 4) is 0 Å². The van der Waals surface area contributed by atoms with Gasteiger partial charge in [-0.05, 0) is 55.4 Å². The highest BCUT2D eigenvalue weighted by Gasteiger charge is 2.29. The first-order valence-electron chi connectivity index (χ1n) is 6.25. The largest absolute Gasteiger partial charge is 0.302 e. The van der Waals surface area contributed by atoms with E-state index in [0.29, 0.717) is 17.5 Å². The van der Waals surface area contributed by atoms with Gasteiger partial charge in [0.25, 0.3) is 0 Å². The van der Waals surface area contributed by atoms with Crippen LogP contribution in [0.4, 0.5) is 0 Å². The van der Waals surface area contributed by atoms with E-state index in [9.17, 15) is 8.42 Å². The maximum absolute atomic E-state index is 12.6. The van der Waals surface area contributed by atoms with Gasteiger partial charge in [-0.2, -0.15) is 4.31 Å². The highest BCUT2D eigenvalue weighted by Crippen LogP contribution is 2.31. The fourth-order valence-electron chi connectivity index (χ4n) is 2.46. The Balaban J connectivity index is 2.17. The van der Waals surface area contributed by atoms with Crippen molar-refractivity contribution in [1.82, 2.24) is 9.21 Å². The van der Waals surface area contributed by atoms with Gasteiger partial charge in [0.1, 0.15) is 0 Å². The molecule has 108 valence electrons. The second-order valence-electron chi connectivity index (χ2n) is 5.03. The van der Waals surface area contributed by atoms with Gasteiger partial charge < -0.3 is 4.90 Å². The summed E-state index contributed by atoms with van der Waals surface area (Å²) in [6, 6.07) is 2.03. The van der Waals surface area contributed by atoms with Crippen LogP contribution >= 0.6 is 27.3 Å². The Labute approximate surface area is 127 Å². The number of sulfonamides is 1. The molecule has 4 nitrogen and oxygen atoms in total. The minimum atomic E-state index is -3.37.